The van der Waals surface area contributed by atoms with Crippen LogP contribution in [0.2, 0.25) is 0 Å². The molecule has 2 heterocycles. The zero-order chi connectivity index (χ0) is 15.7. The maximum atomic E-state index is 12.5. The number of amides is 1. The molecule has 22 heavy (non-hydrogen) atoms. The SMILES string of the molecule is Cc1cc(C2CCC2)oc(=O)c1C(=O)N(C)Cc1ccco1. The summed E-state index contributed by atoms with van der Waals surface area (Å²) in [5.41, 5.74) is 0.241. The highest BCUT2D eigenvalue weighted by Crippen LogP contribution is 2.36. The van der Waals surface area contributed by atoms with Crippen LogP contribution in [0.25, 0.3) is 0 Å². The molecule has 0 aliphatic heterocycles. The predicted octanol–water partition coefficient (Wildman–Crippen LogP) is 3.08. The topological polar surface area (TPSA) is 63.7 Å². The zero-order valence-corrected chi connectivity index (χ0v) is 12.8. The Morgan fingerprint density at radius 1 is 1.41 bits per heavy atom. The number of carbonyl (C=O) groups excluding carboxylic acids is 1. The van der Waals surface area contributed by atoms with E-state index >= 15 is 0 Å². The lowest BCUT2D eigenvalue weighted by Gasteiger charge is -2.24. The van der Waals surface area contributed by atoms with Crippen LogP contribution in [-0.4, -0.2) is 17.9 Å². The van der Waals surface area contributed by atoms with Crippen LogP contribution in [0.4, 0.5) is 0 Å². The van der Waals surface area contributed by atoms with E-state index < -0.39 is 5.63 Å². The minimum absolute atomic E-state index is 0.108. The molecular weight excluding hydrogens is 282 g/mol. The van der Waals surface area contributed by atoms with Gasteiger partial charge in [-0.15, -0.1) is 0 Å². The Balaban J connectivity index is 1.84. The number of furan rings is 1. The summed E-state index contributed by atoms with van der Waals surface area (Å²) >= 11 is 0. The molecule has 1 aliphatic carbocycles. The fourth-order valence-electron chi connectivity index (χ4n) is 2.68. The van der Waals surface area contributed by atoms with E-state index in [2.05, 4.69) is 0 Å². The third-order valence-electron chi connectivity index (χ3n) is 4.21. The standard InChI is InChI=1S/C17H19NO4/c1-11-9-14(12-5-3-6-12)22-17(20)15(11)16(19)18(2)10-13-7-4-8-21-13/h4,7-9,12H,3,5-6,10H2,1-2H3. The lowest BCUT2D eigenvalue weighted by atomic mass is 9.83. The average molecular weight is 301 g/mol. The monoisotopic (exact) mass is 301 g/mol. The van der Waals surface area contributed by atoms with Crippen LogP contribution in [-0.2, 0) is 6.54 Å². The van der Waals surface area contributed by atoms with Crippen LogP contribution in [0.1, 0.15) is 52.6 Å². The number of aryl methyl sites for hydroxylation is 1. The van der Waals surface area contributed by atoms with Gasteiger partial charge >= 0.3 is 5.63 Å². The molecule has 1 fully saturated rings. The Bertz CT molecular complexity index is 726. The van der Waals surface area contributed by atoms with E-state index in [0.717, 1.165) is 12.8 Å². The molecule has 5 nitrogen and oxygen atoms in total. The number of carbonyl (C=O) groups is 1. The van der Waals surface area contributed by atoms with Crippen molar-refractivity contribution in [3.63, 3.8) is 0 Å². The third-order valence-corrected chi connectivity index (χ3v) is 4.21. The van der Waals surface area contributed by atoms with Gasteiger partial charge < -0.3 is 13.7 Å². The largest absolute Gasteiger partial charge is 0.467 e. The summed E-state index contributed by atoms with van der Waals surface area (Å²) in [6.45, 7) is 2.10. The first-order chi connectivity index (χ1) is 10.6. The summed E-state index contributed by atoms with van der Waals surface area (Å²) in [7, 11) is 1.64. The van der Waals surface area contributed by atoms with Gasteiger partial charge in [0.1, 0.15) is 17.1 Å². The number of nitrogens with zero attached hydrogens (tertiary/aromatic N) is 1. The van der Waals surface area contributed by atoms with Gasteiger partial charge in [-0.25, -0.2) is 4.79 Å². The molecule has 1 aliphatic rings. The maximum Gasteiger partial charge on any atom is 0.349 e. The van der Waals surface area contributed by atoms with Gasteiger partial charge in [-0.2, -0.15) is 0 Å². The Morgan fingerprint density at radius 2 is 2.18 bits per heavy atom. The molecule has 116 valence electrons. The fraction of sp³-hybridized carbons (Fsp3) is 0.412. The summed E-state index contributed by atoms with van der Waals surface area (Å²) in [5, 5.41) is 0. The predicted molar refractivity (Wildman–Crippen MR) is 80.8 cm³/mol. The Kier molecular flexibility index (Phi) is 3.88. The summed E-state index contributed by atoms with van der Waals surface area (Å²) in [6.07, 6.45) is 4.82. The van der Waals surface area contributed by atoms with E-state index in [9.17, 15) is 9.59 Å². The quantitative estimate of drug-likeness (QED) is 0.870. The zero-order valence-electron chi connectivity index (χ0n) is 12.8. The molecule has 2 aromatic heterocycles. The highest BCUT2D eigenvalue weighted by atomic mass is 16.4. The first-order valence-electron chi connectivity index (χ1n) is 7.48. The van der Waals surface area contributed by atoms with Crippen molar-refractivity contribution in [1.82, 2.24) is 4.90 Å². The molecule has 1 saturated carbocycles. The molecule has 0 N–H and O–H groups in total. The van der Waals surface area contributed by atoms with E-state index in [1.165, 1.54) is 11.3 Å². The smallest absolute Gasteiger partial charge is 0.349 e. The summed E-state index contributed by atoms with van der Waals surface area (Å²) in [4.78, 5) is 26.2. The number of rotatable bonds is 4. The molecule has 0 atom stereocenters. The van der Waals surface area contributed by atoms with Gasteiger partial charge in [-0.1, -0.05) is 6.42 Å². The van der Waals surface area contributed by atoms with Crippen molar-refractivity contribution >= 4 is 5.91 Å². The molecule has 5 heteroatoms. The normalized spacial score (nSPS) is 14.6. The van der Waals surface area contributed by atoms with Crippen LogP contribution in [0, 0.1) is 6.92 Å². The molecule has 0 spiro atoms. The second kappa shape index (κ2) is 5.83. The molecule has 0 saturated heterocycles. The molecule has 0 unspecified atom stereocenters. The van der Waals surface area contributed by atoms with Crippen LogP contribution < -0.4 is 5.63 Å². The third kappa shape index (κ3) is 2.71. The summed E-state index contributed by atoms with van der Waals surface area (Å²) in [5.74, 6) is 1.36. The van der Waals surface area contributed by atoms with Crippen LogP contribution in [0.5, 0.6) is 0 Å². The Labute approximate surface area is 128 Å². The van der Waals surface area contributed by atoms with Crippen molar-refractivity contribution in [2.24, 2.45) is 0 Å². The molecule has 1 amide bonds. The molecule has 0 radical (unpaired) electrons. The van der Waals surface area contributed by atoms with E-state index in [1.807, 2.05) is 6.07 Å². The van der Waals surface area contributed by atoms with Gasteiger partial charge in [0.2, 0.25) is 0 Å². The Hall–Kier alpha value is -2.30. The lowest BCUT2D eigenvalue weighted by molar-refractivity contribution is 0.0769. The van der Waals surface area contributed by atoms with E-state index in [-0.39, 0.29) is 11.5 Å². The van der Waals surface area contributed by atoms with Gasteiger partial charge in [0.25, 0.3) is 5.91 Å². The average Bonchev–Trinajstić information content (AvgIpc) is 2.88. The van der Waals surface area contributed by atoms with Gasteiger partial charge in [0, 0.05) is 13.0 Å². The maximum absolute atomic E-state index is 12.5. The minimum atomic E-state index is -0.543. The molecule has 0 aromatic carbocycles. The van der Waals surface area contributed by atoms with Crippen molar-refractivity contribution in [2.45, 2.75) is 38.6 Å². The van der Waals surface area contributed by atoms with E-state index in [0.29, 0.717) is 29.5 Å². The van der Waals surface area contributed by atoms with Crippen LogP contribution in [0.3, 0.4) is 0 Å². The van der Waals surface area contributed by atoms with Gasteiger partial charge in [-0.3, -0.25) is 4.79 Å². The van der Waals surface area contributed by atoms with Gasteiger partial charge in [0.05, 0.1) is 12.8 Å². The van der Waals surface area contributed by atoms with E-state index in [1.54, 1.807) is 32.4 Å². The van der Waals surface area contributed by atoms with Crippen LogP contribution >= 0.6 is 0 Å². The summed E-state index contributed by atoms with van der Waals surface area (Å²) < 4.78 is 10.6. The highest BCUT2D eigenvalue weighted by molar-refractivity contribution is 5.94. The molecule has 3 rings (SSSR count). The van der Waals surface area contributed by atoms with Crippen molar-refractivity contribution in [2.75, 3.05) is 7.05 Å². The van der Waals surface area contributed by atoms with Gasteiger partial charge in [0.15, 0.2) is 0 Å². The lowest BCUT2D eigenvalue weighted by Crippen LogP contribution is -2.31. The first-order valence-corrected chi connectivity index (χ1v) is 7.48. The van der Waals surface area contributed by atoms with E-state index in [4.69, 9.17) is 8.83 Å². The minimum Gasteiger partial charge on any atom is -0.467 e. The second-order valence-corrected chi connectivity index (χ2v) is 5.86. The number of hydrogen-bond donors (Lipinski definition) is 0. The second-order valence-electron chi connectivity index (χ2n) is 5.86. The van der Waals surface area contributed by atoms with Crippen molar-refractivity contribution in [3.8, 4) is 0 Å². The van der Waals surface area contributed by atoms with Crippen LogP contribution in [0.15, 0.2) is 38.1 Å². The fourth-order valence-corrected chi connectivity index (χ4v) is 2.68. The number of hydrogen-bond acceptors (Lipinski definition) is 4. The van der Waals surface area contributed by atoms with Crippen molar-refractivity contribution in [1.29, 1.82) is 0 Å². The first kappa shape index (κ1) is 14.6. The molecular formula is C17H19NO4. The summed E-state index contributed by atoms with van der Waals surface area (Å²) in [6, 6.07) is 5.39. The van der Waals surface area contributed by atoms with Crippen molar-refractivity contribution in [3.05, 3.63) is 57.5 Å². The molecule has 2 aromatic rings. The van der Waals surface area contributed by atoms with Crippen molar-refractivity contribution < 1.29 is 13.6 Å². The highest BCUT2D eigenvalue weighted by Gasteiger charge is 2.26. The molecule has 0 bridgehead atoms. The Morgan fingerprint density at radius 3 is 2.73 bits per heavy atom. The van der Waals surface area contributed by atoms with Gasteiger partial charge in [-0.05, 0) is 43.5 Å².